The maximum Gasteiger partial charge on any atom is 0.0705 e. The summed E-state index contributed by atoms with van der Waals surface area (Å²) in [6.45, 7) is 2.29. The van der Waals surface area contributed by atoms with Crippen molar-refractivity contribution in [3.63, 3.8) is 0 Å². The van der Waals surface area contributed by atoms with E-state index in [0.717, 1.165) is 24.3 Å². The number of hydrogen-bond donors (Lipinski definition) is 1. The number of benzene rings is 1. The first-order chi connectivity index (χ1) is 8.17. The van der Waals surface area contributed by atoms with Gasteiger partial charge in [-0.15, -0.1) is 0 Å². The first-order valence-electron chi connectivity index (χ1n) is 6.31. The summed E-state index contributed by atoms with van der Waals surface area (Å²) in [5.41, 5.74) is 8.69. The van der Waals surface area contributed by atoms with Crippen LogP contribution < -0.4 is 5.73 Å². The molecule has 2 atom stereocenters. The third kappa shape index (κ3) is 1.83. The van der Waals surface area contributed by atoms with Crippen LogP contribution >= 0.6 is 0 Å². The highest BCUT2D eigenvalue weighted by atomic mass is 14.8. The van der Waals surface area contributed by atoms with Crippen molar-refractivity contribution < 1.29 is 0 Å². The number of nitrogens with two attached hydrogens (primary N) is 1. The molecule has 1 aromatic carbocycles. The second-order valence-corrected chi connectivity index (χ2v) is 5.41. The fourth-order valence-electron chi connectivity index (χ4n) is 2.97. The van der Waals surface area contributed by atoms with E-state index in [4.69, 9.17) is 5.73 Å². The van der Waals surface area contributed by atoms with Crippen molar-refractivity contribution in [1.29, 1.82) is 0 Å². The van der Waals surface area contributed by atoms with Gasteiger partial charge < -0.3 is 5.73 Å². The van der Waals surface area contributed by atoms with Crippen molar-refractivity contribution in [1.82, 2.24) is 4.98 Å². The lowest BCUT2D eigenvalue weighted by Crippen LogP contribution is -2.33. The van der Waals surface area contributed by atoms with E-state index in [1.807, 2.05) is 12.3 Å². The Morgan fingerprint density at radius 1 is 1.35 bits per heavy atom. The van der Waals surface area contributed by atoms with Gasteiger partial charge >= 0.3 is 0 Å². The lowest BCUT2D eigenvalue weighted by Gasteiger charge is -2.24. The molecule has 1 heterocycles. The molecule has 0 aliphatic heterocycles. The zero-order valence-electron chi connectivity index (χ0n) is 10.2. The molecular weight excluding hydrogens is 208 g/mol. The van der Waals surface area contributed by atoms with Gasteiger partial charge in [0.25, 0.3) is 0 Å². The smallest absolute Gasteiger partial charge is 0.0705 e. The van der Waals surface area contributed by atoms with E-state index in [9.17, 15) is 0 Å². The number of nitrogens with zero attached hydrogens (tertiary/aromatic N) is 1. The highest BCUT2D eigenvalue weighted by Crippen LogP contribution is 2.40. The predicted molar refractivity (Wildman–Crippen MR) is 70.6 cm³/mol. The van der Waals surface area contributed by atoms with Crippen molar-refractivity contribution in [3.8, 4) is 0 Å². The first kappa shape index (κ1) is 10.7. The minimum absolute atomic E-state index is 0.134. The quantitative estimate of drug-likeness (QED) is 0.811. The SMILES string of the molecule is CC1CCC(N)(c2ccc3cccnc3c2)C1. The summed E-state index contributed by atoms with van der Waals surface area (Å²) in [5, 5.41) is 1.19. The van der Waals surface area contributed by atoms with Gasteiger partial charge in [-0.25, -0.2) is 0 Å². The summed E-state index contributed by atoms with van der Waals surface area (Å²) in [7, 11) is 0. The summed E-state index contributed by atoms with van der Waals surface area (Å²) in [6.07, 6.45) is 5.25. The van der Waals surface area contributed by atoms with Crippen LogP contribution in [0.15, 0.2) is 36.5 Å². The van der Waals surface area contributed by atoms with E-state index >= 15 is 0 Å². The van der Waals surface area contributed by atoms with Crippen molar-refractivity contribution in [2.75, 3.05) is 0 Å². The second-order valence-electron chi connectivity index (χ2n) is 5.41. The number of hydrogen-bond acceptors (Lipinski definition) is 2. The molecule has 17 heavy (non-hydrogen) atoms. The maximum absolute atomic E-state index is 6.53. The van der Waals surface area contributed by atoms with Gasteiger partial charge in [0, 0.05) is 17.1 Å². The van der Waals surface area contributed by atoms with Crippen LogP contribution in [0, 0.1) is 5.92 Å². The number of fused-ring (bicyclic) bond motifs is 1. The van der Waals surface area contributed by atoms with Crippen molar-refractivity contribution in [3.05, 3.63) is 42.1 Å². The molecule has 2 aromatic rings. The van der Waals surface area contributed by atoms with E-state index < -0.39 is 0 Å². The molecule has 1 aromatic heterocycles. The van der Waals surface area contributed by atoms with Gasteiger partial charge in [0.2, 0.25) is 0 Å². The van der Waals surface area contributed by atoms with Gasteiger partial charge in [-0.1, -0.05) is 25.1 Å². The standard InChI is InChI=1S/C15H18N2/c1-11-6-7-15(16,10-11)13-5-4-12-3-2-8-17-14(12)9-13/h2-5,8-9,11H,6-7,10,16H2,1H3. The predicted octanol–water partition coefficient (Wildman–Crippen LogP) is 3.21. The summed E-state index contributed by atoms with van der Waals surface area (Å²) >= 11 is 0. The molecular formula is C15H18N2. The van der Waals surface area contributed by atoms with Crippen molar-refractivity contribution >= 4 is 10.9 Å². The summed E-state index contributed by atoms with van der Waals surface area (Å²) in [6, 6.07) is 10.5. The van der Waals surface area contributed by atoms with Crippen LogP contribution in [0.4, 0.5) is 0 Å². The Hall–Kier alpha value is -1.41. The number of aromatic nitrogens is 1. The first-order valence-corrected chi connectivity index (χ1v) is 6.31. The van der Waals surface area contributed by atoms with Crippen LogP contribution in [0.1, 0.15) is 31.7 Å². The fraction of sp³-hybridized carbons (Fsp3) is 0.400. The normalized spacial score (nSPS) is 28.7. The molecule has 2 nitrogen and oxygen atoms in total. The van der Waals surface area contributed by atoms with Gasteiger partial charge in [-0.05, 0) is 42.9 Å². The second kappa shape index (κ2) is 3.81. The monoisotopic (exact) mass is 226 g/mol. The van der Waals surface area contributed by atoms with Crippen LogP contribution in [-0.2, 0) is 5.54 Å². The highest BCUT2D eigenvalue weighted by Gasteiger charge is 2.35. The maximum atomic E-state index is 6.53. The van der Waals surface area contributed by atoms with Gasteiger partial charge in [-0.2, -0.15) is 0 Å². The molecule has 0 bridgehead atoms. The van der Waals surface area contributed by atoms with Gasteiger partial charge in [0.1, 0.15) is 0 Å². The van der Waals surface area contributed by atoms with Crippen LogP contribution in [0.3, 0.4) is 0 Å². The molecule has 0 saturated heterocycles. The van der Waals surface area contributed by atoms with E-state index in [1.54, 1.807) is 0 Å². The van der Waals surface area contributed by atoms with E-state index in [-0.39, 0.29) is 5.54 Å². The molecule has 2 unspecified atom stereocenters. The van der Waals surface area contributed by atoms with E-state index in [0.29, 0.717) is 0 Å². The molecule has 0 radical (unpaired) electrons. The van der Waals surface area contributed by atoms with E-state index in [2.05, 4.69) is 36.2 Å². The Kier molecular flexibility index (Phi) is 2.40. The Morgan fingerprint density at radius 3 is 3.00 bits per heavy atom. The molecule has 3 rings (SSSR count). The van der Waals surface area contributed by atoms with Crippen molar-refractivity contribution in [2.24, 2.45) is 11.7 Å². The minimum atomic E-state index is -0.134. The molecule has 1 fully saturated rings. The van der Waals surface area contributed by atoms with Gasteiger partial charge in [0.15, 0.2) is 0 Å². The van der Waals surface area contributed by atoms with Crippen molar-refractivity contribution in [2.45, 2.75) is 31.7 Å². The van der Waals surface area contributed by atoms with Crippen LogP contribution in [0.25, 0.3) is 10.9 Å². The summed E-state index contributed by atoms with van der Waals surface area (Å²) < 4.78 is 0. The molecule has 2 N–H and O–H groups in total. The third-order valence-electron chi connectivity index (χ3n) is 3.98. The average Bonchev–Trinajstić information content (AvgIpc) is 2.70. The number of pyridine rings is 1. The fourth-order valence-corrected chi connectivity index (χ4v) is 2.97. The topological polar surface area (TPSA) is 38.9 Å². The number of rotatable bonds is 1. The third-order valence-corrected chi connectivity index (χ3v) is 3.98. The van der Waals surface area contributed by atoms with Gasteiger partial charge in [-0.3, -0.25) is 4.98 Å². The van der Waals surface area contributed by atoms with E-state index in [1.165, 1.54) is 17.4 Å². The molecule has 88 valence electrons. The zero-order chi connectivity index (χ0) is 11.9. The highest BCUT2D eigenvalue weighted by molar-refractivity contribution is 5.79. The van der Waals surface area contributed by atoms with Crippen LogP contribution in [0.5, 0.6) is 0 Å². The summed E-state index contributed by atoms with van der Waals surface area (Å²) in [5.74, 6) is 0.736. The Morgan fingerprint density at radius 2 is 2.24 bits per heavy atom. The zero-order valence-corrected chi connectivity index (χ0v) is 10.2. The molecule has 0 amide bonds. The largest absolute Gasteiger partial charge is 0.321 e. The molecule has 1 saturated carbocycles. The average molecular weight is 226 g/mol. The lowest BCUT2D eigenvalue weighted by atomic mass is 9.88. The molecule has 1 aliphatic carbocycles. The Balaban J connectivity index is 2.06. The summed E-state index contributed by atoms with van der Waals surface area (Å²) in [4.78, 5) is 4.41. The minimum Gasteiger partial charge on any atom is -0.321 e. The van der Waals surface area contributed by atoms with Gasteiger partial charge in [0.05, 0.1) is 5.52 Å². The molecule has 0 spiro atoms. The lowest BCUT2D eigenvalue weighted by molar-refractivity contribution is 0.441. The molecule has 1 aliphatic rings. The Labute approximate surface area is 102 Å². The molecule has 2 heteroatoms. The Bertz CT molecular complexity index is 549. The van der Waals surface area contributed by atoms with Crippen LogP contribution in [-0.4, -0.2) is 4.98 Å². The van der Waals surface area contributed by atoms with Crippen LogP contribution in [0.2, 0.25) is 0 Å².